The van der Waals surface area contributed by atoms with Crippen LogP contribution in [0.5, 0.6) is 5.75 Å². The van der Waals surface area contributed by atoms with Gasteiger partial charge in [-0.2, -0.15) is 4.31 Å². The average molecular weight is 525 g/mol. The number of hydrogen-bond donors (Lipinski definition) is 1. The second-order valence-electron chi connectivity index (χ2n) is 9.47. The van der Waals surface area contributed by atoms with Crippen molar-refractivity contribution in [2.24, 2.45) is 5.92 Å². The smallest absolute Gasteiger partial charge is 0.247 e. The molecule has 3 atom stereocenters. The predicted octanol–water partition coefficient (Wildman–Crippen LogP) is 2.61. The molecule has 1 amide bonds. The number of aromatic nitrogens is 2. The molecule has 3 aromatic rings. The third-order valence-electron chi connectivity index (χ3n) is 6.64. The highest BCUT2D eigenvalue weighted by molar-refractivity contribution is 7.89. The van der Waals surface area contributed by atoms with Crippen LogP contribution in [0.25, 0.3) is 11.1 Å². The molecular formula is C27H32N4O5S. The summed E-state index contributed by atoms with van der Waals surface area (Å²) < 4.78 is 35.0. The van der Waals surface area contributed by atoms with Gasteiger partial charge in [0.1, 0.15) is 23.1 Å². The molecule has 0 bridgehead atoms. The molecule has 0 radical (unpaired) electrons. The van der Waals surface area contributed by atoms with Gasteiger partial charge in [-0.25, -0.2) is 18.4 Å². The Balaban J connectivity index is 1.69. The number of carbonyl (C=O) groups excluding carboxylic acids is 1. The molecule has 1 aromatic heterocycles. The maximum absolute atomic E-state index is 13.7. The van der Waals surface area contributed by atoms with Crippen molar-refractivity contribution in [3.05, 3.63) is 72.8 Å². The largest absolute Gasteiger partial charge is 0.487 e. The van der Waals surface area contributed by atoms with Gasteiger partial charge in [0.15, 0.2) is 0 Å². The molecule has 0 unspecified atom stereocenters. The second kappa shape index (κ2) is 11.4. The lowest BCUT2D eigenvalue weighted by Crippen LogP contribution is -2.50. The van der Waals surface area contributed by atoms with E-state index >= 15 is 0 Å². The van der Waals surface area contributed by atoms with E-state index in [0.717, 1.165) is 5.56 Å². The van der Waals surface area contributed by atoms with E-state index in [9.17, 15) is 18.3 Å². The fourth-order valence-electron chi connectivity index (χ4n) is 4.35. The first-order valence-electron chi connectivity index (χ1n) is 12.2. The Morgan fingerprint density at radius 2 is 1.86 bits per heavy atom. The van der Waals surface area contributed by atoms with E-state index in [-0.39, 0.29) is 48.6 Å². The summed E-state index contributed by atoms with van der Waals surface area (Å²) >= 11 is 0. The molecular weight excluding hydrogens is 492 g/mol. The minimum absolute atomic E-state index is 0.0172. The van der Waals surface area contributed by atoms with Crippen molar-refractivity contribution in [1.82, 2.24) is 19.2 Å². The Labute approximate surface area is 217 Å². The van der Waals surface area contributed by atoms with Gasteiger partial charge in [0.25, 0.3) is 0 Å². The molecule has 1 aliphatic heterocycles. The molecule has 10 heteroatoms. The van der Waals surface area contributed by atoms with Gasteiger partial charge in [0.2, 0.25) is 15.9 Å². The molecule has 196 valence electrons. The van der Waals surface area contributed by atoms with Crippen LogP contribution in [0, 0.1) is 5.92 Å². The number of sulfonamides is 1. The van der Waals surface area contributed by atoms with Gasteiger partial charge in [-0.05, 0) is 30.2 Å². The quantitative estimate of drug-likeness (QED) is 0.506. The fourth-order valence-corrected chi connectivity index (χ4v) is 6.17. The van der Waals surface area contributed by atoms with Crippen LogP contribution >= 0.6 is 0 Å². The maximum atomic E-state index is 13.7. The molecule has 0 fully saturated rings. The normalized spacial score (nSPS) is 20.1. The van der Waals surface area contributed by atoms with Gasteiger partial charge >= 0.3 is 0 Å². The van der Waals surface area contributed by atoms with Crippen LogP contribution in [-0.2, 0) is 21.2 Å². The van der Waals surface area contributed by atoms with Crippen LogP contribution in [0.3, 0.4) is 0 Å². The van der Waals surface area contributed by atoms with E-state index in [1.807, 2.05) is 37.3 Å². The summed E-state index contributed by atoms with van der Waals surface area (Å²) in [5.74, 6) is -0.141. The Morgan fingerprint density at radius 1 is 1.16 bits per heavy atom. The van der Waals surface area contributed by atoms with E-state index in [1.54, 1.807) is 43.4 Å². The second-order valence-corrected chi connectivity index (χ2v) is 11.3. The van der Waals surface area contributed by atoms with Crippen LogP contribution in [0.1, 0.15) is 19.4 Å². The van der Waals surface area contributed by atoms with Crippen LogP contribution in [0.2, 0.25) is 0 Å². The molecule has 9 nitrogen and oxygen atoms in total. The van der Waals surface area contributed by atoms with Crippen LogP contribution in [0.15, 0.2) is 72.1 Å². The van der Waals surface area contributed by atoms with Crippen molar-refractivity contribution in [3.8, 4) is 16.9 Å². The first-order valence-corrected chi connectivity index (χ1v) is 13.6. The minimum atomic E-state index is -3.96. The van der Waals surface area contributed by atoms with Crippen molar-refractivity contribution in [3.63, 3.8) is 0 Å². The lowest BCUT2D eigenvalue weighted by atomic mass is 10.0. The van der Waals surface area contributed by atoms with Crippen molar-refractivity contribution in [2.45, 2.75) is 37.3 Å². The number of rotatable bonds is 7. The summed E-state index contributed by atoms with van der Waals surface area (Å²) in [4.78, 5) is 22.7. The van der Waals surface area contributed by atoms with Gasteiger partial charge in [-0.3, -0.25) is 4.79 Å². The first kappa shape index (κ1) is 26.7. The summed E-state index contributed by atoms with van der Waals surface area (Å²) in [6, 6.07) is 13.8. The number of likely N-dealkylation sites (N-methyl/N-ethyl adjacent to an activating group) is 1. The fraction of sp³-hybridized carbons (Fsp3) is 0.370. The first-order chi connectivity index (χ1) is 17.7. The number of aliphatic hydroxyl groups excluding tert-OH is 1. The Hall–Kier alpha value is -3.34. The summed E-state index contributed by atoms with van der Waals surface area (Å²) in [5, 5.41) is 9.83. The van der Waals surface area contributed by atoms with E-state index in [4.69, 9.17) is 4.74 Å². The topological polar surface area (TPSA) is 113 Å². The van der Waals surface area contributed by atoms with Crippen LogP contribution in [0.4, 0.5) is 0 Å². The molecule has 2 aromatic carbocycles. The third-order valence-corrected chi connectivity index (χ3v) is 8.66. The molecule has 0 saturated carbocycles. The molecule has 1 N–H and O–H groups in total. The van der Waals surface area contributed by atoms with Crippen molar-refractivity contribution in [1.29, 1.82) is 0 Å². The van der Waals surface area contributed by atoms with Crippen LogP contribution < -0.4 is 4.74 Å². The van der Waals surface area contributed by atoms with E-state index in [2.05, 4.69) is 9.97 Å². The number of ether oxygens (including phenoxy) is 1. The molecule has 0 spiro atoms. The number of carbonyl (C=O) groups is 1. The SMILES string of the molecule is C[C@H]1CN([C@@H](C)CO)S(=O)(=O)c2ccc(-c3cncnc3)cc2O[C@H]1CN(C)C(=O)Cc1ccccc1. The Kier molecular flexibility index (Phi) is 8.21. The number of hydrogen-bond acceptors (Lipinski definition) is 7. The minimum Gasteiger partial charge on any atom is -0.487 e. The van der Waals surface area contributed by atoms with Gasteiger partial charge in [0.05, 0.1) is 19.6 Å². The predicted molar refractivity (Wildman–Crippen MR) is 139 cm³/mol. The Bertz CT molecular complexity index is 1320. The van der Waals surface area contributed by atoms with E-state index in [0.29, 0.717) is 11.1 Å². The zero-order valence-corrected chi connectivity index (χ0v) is 22.0. The summed E-state index contributed by atoms with van der Waals surface area (Å²) in [6.07, 6.45) is 4.47. The lowest BCUT2D eigenvalue weighted by molar-refractivity contribution is -0.130. The van der Waals surface area contributed by atoms with E-state index < -0.39 is 22.2 Å². The monoisotopic (exact) mass is 524 g/mol. The molecule has 1 aliphatic rings. The molecule has 0 aliphatic carbocycles. The summed E-state index contributed by atoms with van der Waals surface area (Å²) in [5.41, 5.74) is 2.34. The zero-order valence-electron chi connectivity index (χ0n) is 21.2. The maximum Gasteiger partial charge on any atom is 0.247 e. The summed E-state index contributed by atoms with van der Waals surface area (Å²) in [6.45, 7) is 3.66. The van der Waals surface area contributed by atoms with Crippen molar-refractivity contribution < 1.29 is 23.1 Å². The van der Waals surface area contributed by atoms with Crippen LogP contribution in [-0.4, -0.2) is 77.5 Å². The number of benzene rings is 2. The number of aliphatic hydroxyl groups is 1. The Morgan fingerprint density at radius 3 is 2.54 bits per heavy atom. The highest BCUT2D eigenvalue weighted by Crippen LogP contribution is 2.36. The number of amides is 1. The molecule has 0 saturated heterocycles. The third kappa shape index (κ3) is 5.98. The molecule has 4 rings (SSSR count). The lowest BCUT2D eigenvalue weighted by Gasteiger charge is -2.37. The van der Waals surface area contributed by atoms with Crippen molar-refractivity contribution in [2.75, 3.05) is 26.7 Å². The molecule has 2 heterocycles. The van der Waals surface area contributed by atoms with Gasteiger partial charge in [0, 0.05) is 43.5 Å². The van der Waals surface area contributed by atoms with Crippen molar-refractivity contribution >= 4 is 15.9 Å². The van der Waals surface area contributed by atoms with Gasteiger partial charge < -0.3 is 14.7 Å². The highest BCUT2D eigenvalue weighted by Gasteiger charge is 2.38. The summed E-state index contributed by atoms with van der Waals surface area (Å²) in [7, 11) is -2.23. The highest BCUT2D eigenvalue weighted by atomic mass is 32.2. The number of fused-ring (bicyclic) bond motifs is 1. The average Bonchev–Trinajstić information content (AvgIpc) is 2.91. The van der Waals surface area contributed by atoms with E-state index in [1.165, 1.54) is 16.7 Å². The molecule has 37 heavy (non-hydrogen) atoms. The van der Waals surface area contributed by atoms with Gasteiger partial charge in [-0.15, -0.1) is 0 Å². The zero-order chi connectivity index (χ0) is 26.6. The van der Waals surface area contributed by atoms with Gasteiger partial charge in [-0.1, -0.05) is 43.3 Å². The standard InChI is InChI=1S/C27H32N4O5S/c1-19-15-31(20(2)17-32)37(34,35)26-10-9-22(23-13-28-18-29-14-23)12-24(26)36-25(19)16-30(3)27(33)11-21-7-5-4-6-8-21/h4-10,12-14,18-20,25,32H,11,15-17H2,1-3H3/t19-,20-,25-/m0/s1. The number of nitrogens with zero attached hydrogens (tertiary/aromatic N) is 4.